The zero-order valence-corrected chi connectivity index (χ0v) is 20.5. The van der Waals surface area contributed by atoms with Crippen molar-refractivity contribution in [3.63, 3.8) is 0 Å². The summed E-state index contributed by atoms with van der Waals surface area (Å²) in [5.41, 5.74) is 6.54. The van der Waals surface area contributed by atoms with Gasteiger partial charge in [-0.2, -0.15) is 0 Å². The Bertz CT molecular complexity index is 1360. The average Bonchev–Trinajstić information content (AvgIpc) is 2.89. The number of ketones is 1. The lowest BCUT2D eigenvalue weighted by molar-refractivity contribution is -0.116. The van der Waals surface area contributed by atoms with Gasteiger partial charge < -0.3 is 10.6 Å². The molecule has 2 unspecified atom stereocenters. The first-order chi connectivity index (χ1) is 17.4. The number of carbonyl (C=O) groups excluding carboxylic acids is 2. The van der Waals surface area contributed by atoms with Gasteiger partial charge in [-0.1, -0.05) is 61.5 Å². The van der Waals surface area contributed by atoms with Crippen LogP contribution in [0.5, 0.6) is 0 Å². The average molecular weight is 481 g/mol. The fourth-order valence-corrected chi connectivity index (χ4v) is 5.31. The molecular weight excluding hydrogens is 451 g/mol. The van der Waals surface area contributed by atoms with E-state index in [1.165, 1.54) is 29.8 Å². The minimum Gasteiger partial charge on any atom is -0.362 e. The molecule has 3 aromatic rings. The topological polar surface area (TPSA) is 58.2 Å². The normalized spacial score (nSPS) is 19.6. The van der Waals surface area contributed by atoms with Gasteiger partial charge in [0.15, 0.2) is 5.78 Å². The molecule has 1 heterocycles. The molecule has 0 saturated heterocycles. The quantitative estimate of drug-likeness (QED) is 0.445. The summed E-state index contributed by atoms with van der Waals surface area (Å²) in [6.45, 7) is 3.98. The Hall–Kier alpha value is -3.99. The van der Waals surface area contributed by atoms with Crippen molar-refractivity contribution in [1.29, 1.82) is 0 Å². The number of dihydropyridines is 1. The Morgan fingerprint density at radius 2 is 1.64 bits per heavy atom. The van der Waals surface area contributed by atoms with E-state index in [9.17, 15) is 14.0 Å². The van der Waals surface area contributed by atoms with Gasteiger partial charge in [-0.25, -0.2) is 4.39 Å². The van der Waals surface area contributed by atoms with Crippen LogP contribution in [0.3, 0.4) is 0 Å². The summed E-state index contributed by atoms with van der Waals surface area (Å²) in [6, 6.07) is 24.0. The summed E-state index contributed by atoms with van der Waals surface area (Å²) in [4.78, 5) is 27.3. The van der Waals surface area contributed by atoms with Crippen LogP contribution in [0.25, 0.3) is 0 Å². The molecule has 1 amide bonds. The summed E-state index contributed by atoms with van der Waals surface area (Å²) in [6.07, 6.45) is 2.02. The fraction of sp³-hybridized carbons (Fsp3) is 0.226. The maximum absolute atomic E-state index is 13.7. The number of anilines is 1. The maximum Gasteiger partial charge on any atom is 0.254 e. The third-order valence-electron chi connectivity index (χ3n) is 7.17. The van der Waals surface area contributed by atoms with E-state index >= 15 is 0 Å². The highest BCUT2D eigenvalue weighted by atomic mass is 19.1. The highest BCUT2D eigenvalue weighted by Crippen LogP contribution is 2.45. The molecule has 0 spiro atoms. The number of rotatable bonds is 5. The Labute approximate surface area is 210 Å². The van der Waals surface area contributed by atoms with Crippen LogP contribution in [-0.2, 0) is 16.0 Å². The molecule has 2 atom stereocenters. The molecule has 0 saturated carbocycles. The largest absolute Gasteiger partial charge is 0.362 e. The van der Waals surface area contributed by atoms with Gasteiger partial charge in [0.2, 0.25) is 0 Å². The van der Waals surface area contributed by atoms with Crippen molar-refractivity contribution in [3.8, 4) is 0 Å². The number of Topliss-reactive ketones (excluding diaryl/α,β-unsaturated/α-hetero) is 1. The third kappa shape index (κ3) is 4.61. The lowest BCUT2D eigenvalue weighted by Crippen LogP contribution is -2.37. The van der Waals surface area contributed by atoms with Crippen molar-refractivity contribution in [3.05, 3.63) is 124 Å². The van der Waals surface area contributed by atoms with Gasteiger partial charge in [-0.15, -0.1) is 0 Å². The van der Waals surface area contributed by atoms with E-state index in [0.29, 0.717) is 29.7 Å². The highest BCUT2D eigenvalue weighted by molar-refractivity contribution is 6.10. The number of amides is 1. The van der Waals surface area contributed by atoms with Gasteiger partial charge in [-0.3, -0.25) is 9.59 Å². The molecule has 0 radical (unpaired) electrons. The number of allylic oxidation sites excluding steroid dienone is 3. The molecule has 2 N–H and O–H groups in total. The van der Waals surface area contributed by atoms with Gasteiger partial charge >= 0.3 is 0 Å². The van der Waals surface area contributed by atoms with Gasteiger partial charge in [-0.05, 0) is 66.6 Å². The Kier molecular flexibility index (Phi) is 6.55. The molecule has 3 aromatic carbocycles. The predicted octanol–water partition coefficient (Wildman–Crippen LogP) is 6.39. The second kappa shape index (κ2) is 9.94. The molecule has 5 heteroatoms. The van der Waals surface area contributed by atoms with Crippen molar-refractivity contribution in [2.45, 2.75) is 44.9 Å². The summed E-state index contributed by atoms with van der Waals surface area (Å²) >= 11 is 0. The number of nitrogens with one attached hydrogen (secondary N) is 2. The van der Waals surface area contributed by atoms with Gasteiger partial charge in [0.1, 0.15) is 5.82 Å². The minimum atomic E-state index is -0.475. The Balaban J connectivity index is 1.55. The number of hydrogen-bond acceptors (Lipinski definition) is 3. The Morgan fingerprint density at radius 3 is 2.31 bits per heavy atom. The monoisotopic (exact) mass is 480 g/mol. The van der Waals surface area contributed by atoms with Crippen molar-refractivity contribution in [1.82, 2.24) is 5.32 Å². The van der Waals surface area contributed by atoms with Crippen LogP contribution >= 0.6 is 0 Å². The number of carbonyl (C=O) groups is 2. The summed E-state index contributed by atoms with van der Waals surface area (Å²) < 4.78 is 13.4. The van der Waals surface area contributed by atoms with Gasteiger partial charge in [0.25, 0.3) is 5.91 Å². The molecular formula is C31H29FN2O2. The van der Waals surface area contributed by atoms with E-state index in [0.717, 1.165) is 28.9 Å². The van der Waals surface area contributed by atoms with Crippen molar-refractivity contribution >= 4 is 17.4 Å². The van der Waals surface area contributed by atoms with E-state index in [1.807, 2.05) is 37.3 Å². The van der Waals surface area contributed by atoms with E-state index in [-0.39, 0.29) is 23.4 Å². The van der Waals surface area contributed by atoms with E-state index < -0.39 is 5.92 Å². The molecule has 1 aliphatic carbocycles. The lowest BCUT2D eigenvalue weighted by Gasteiger charge is -2.37. The first-order valence-corrected chi connectivity index (χ1v) is 12.4. The smallest absolute Gasteiger partial charge is 0.254 e. The van der Waals surface area contributed by atoms with Gasteiger partial charge in [0, 0.05) is 40.6 Å². The second-order valence-corrected chi connectivity index (χ2v) is 9.48. The molecule has 1 aliphatic heterocycles. The van der Waals surface area contributed by atoms with Crippen LogP contribution in [0, 0.1) is 5.82 Å². The summed E-state index contributed by atoms with van der Waals surface area (Å²) in [7, 11) is 0. The zero-order chi connectivity index (χ0) is 25.2. The number of benzene rings is 3. The van der Waals surface area contributed by atoms with Crippen LogP contribution in [0.4, 0.5) is 10.1 Å². The predicted molar refractivity (Wildman–Crippen MR) is 140 cm³/mol. The molecule has 5 rings (SSSR count). The minimum absolute atomic E-state index is 0.0572. The number of hydrogen-bond donors (Lipinski definition) is 2. The Morgan fingerprint density at radius 1 is 0.944 bits per heavy atom. The molecule has 0 aromatic heterocycles. The number of halogens is 1. The first-order valence-electron chi connectivity index (χ1n) is 12.4. The molecule has 0 fully saturated rings. The standard InChI is InChI=1S/C31H29FN2O2/c1-3-20-9-11-22(12-10-20)29-28(31(36)34-25-15-13-24(32)14-16-25)19(2)33-26-17-23(18-27(35)30(26)29)21-7-5-4-6-8-21/h4-16,23,29,33H,3,17-18H2,1-2H3,(H,34,36). The molecule has 182 valence electrons. The van der Waals surface area contributed by atoms with Crippen molar-refractivity contribution in [2.24, 2.45) is 0 Å². The van der Waals surface area contributed by atoms with Crippen LogP contribution in [-0.4, -0.2) is 11.7 Å². The van der Waals surface area contributed by atoms with E-state index in [1.54, 1.807) is 0 Å². The van der Waals surface area contributed by atoms with Gasteiger partial charge in [0.05, 0.1) is 0 Å². The van der Waals surface area contributed by atoms with E-state index in [4.69, 9.17) is 0 Å². The second-order valence-electron chi connectivity index (χ2n) is 9.48. The lowest BCUT2D eigenvalue weighted by atomic mass is 9.71. The number of aryl methyl sites for hydroxylation is 1. The molecule has 4 nitrogen and oxygen atoms in total. The third-order valence-corrected chi connectivity index (χ3v) is 7.17. The first kappa shape index (κ1) is 23.7. The summed E-state index contributed by atoms with van der Waals surface area (Å²) in [5, 5.41) is 6.31. The molecule has 36 heavy (non-hydrogen) atoms. The van der Waals surface area contributed by atoms with Crippen molar-refractivity contribution in [2.75, 3.05) is 5.32 Å². The van der Waals surface area contributed by atoms with Crippen molar-refractivity contribution < 1.29 is 14.0 Å². The highest BCUT2D eigenvalue weighted by Gasteiger charge is 2.40. The van der Waals surface area contributed by atoms with E-state index in [2.05, 4.69) is 41.8 Å². The SMILES string of the molecule is CCc1ccc(C2C(C(=O)Nc3ccc(F)cc3)=C(C)NC3=C2C(=O)CC(c2ccccc2)C3)cc1. The molecule has 0 bridgehead atoms. The fourth-order valence-electron chi connectivity index (χ4n) is 5.31. The maximum atomic E-state index is 13.7. The molecule has 2 aliphatic rings. The van der Waals surface area contributed by atoms with Crippen LogP contribution in [0.1, 0.15) is 55.2 Å². The van der Waals surface area contributed by atoms with Crippen LogP contribution in [0.2, 0.25) is 0 Å². The van der Waals surface area contributed by atoms with Crippen LogP contribution in [0.15, 0.2) is 101 Å². The summed E-state index contributed by atoms with van der Waals surface area (Å²) in [5.74, 6) is -0.998. The zero-order valence-electron chi connectivity index (χ0n) is 20.5. The van der Waals surface area contributed by atoms with Crippen LogP contribution < -0.4 is 10.6 Å².